The number of carboxylic acid groups (broad SMARTS) is 1. The fraction of sp³-hybridized carbons (Fsp3) is 0.0714. The third-order valence-electron chi connectivity index (χ3n) is 2.63. The van der Waals surface area contributed by atoms with E-state index in [1.165, 1.54) is 12.3 Å². The second-order valence-corrected chi connectivity index (χ2v) is 5.12. The molecule has 2 rings (SSSR count). The van der Waals surface area contributed by atoms with E-state index in [1.54, 1.807) is 12.1 Å². The lowest BCUT2D eigenvalue weighted by Gasteiger charge is -2.11. The summed E-state index contributed by atoms with van der Waals surface area (Å²) >= 11 is 3.33. The molecule has 108 valence electrons. The summed E-state index contributed by atoms with van der Waals surface area (Å²) in [6.45, 7) is 1.90. The Bertz CT molecular complexity index is 704. The van der Waals surface area contributed by atoms with Crippen LogP contribution >= 0.6 is 15.9 Å². The average molecular weight is 350 g/mol. The van der Waals surface area contributed by atoms with E-state index >= 15 is 0 Å². The third kappa shape index (κ3) is 3.79. The number of aromatic carboxylic acids is 1. The van der Waals surface area contributed by atoms with Crippen molar-refractivity contribution < 1.29 is 14.7 Å². The highest BCUT2D eigenvalue weighted by Crippen LogP contribution is 2.23. The Morgan fingerprint density at radius 3 is 2.62 bits per heavy atom. The van der Waals surface area contributed by atoms with Crippen molar-refractivity contribution in [3.63, 3.8) is 0 Å². The van der Waals surface area contributed by atoms with Crippen LogP contribution in [0.4, 0.5) is 16.2 Å². The SMILES string of the molecule is Cc1ccc(Br)c(NC(=O)Nc2cccnc2C(=O)O)c1. The van der Waals surface area contributed by atoms with Gasteiger partial charge in [0, 0.05) is 10.7 Å². The molecule has 2 amide bonds. The van der Waals surface area contributed by atoms with E-state index in [9.17, 15) is 9.59 Å². The molecule has 3 N–H and O–H groups in total. The Morgan fingerprint density at radius 2 is 1.90 bits per heavy atom. The molecule has 1 aromatic carbocycles. The second kappa shape index (κ2) is 6.36. The molecule has 0 saturated carbocycles. The van der Waals surface area contributed by atoms with Crippen LogP contribution in [0.2, 0.25) is 0 Å². The zero-order valence-electron chi connectivity index (χ0n) is 11.1. The standard InChI is InChI=1S/C14H12BrN3O3/c1-8-4-5-9(15)11(7-8)18-14(21)17-10-3-2-6-16-12(10)13(19)20/h2-7H,1H3,(H,19,20)(H2,17,18,21). The summed E-state index contributed by atoms with van der Waals surface area (Å²) in [6, 6.07) is 7.99. The topological polar surface area (TPSA) is 91.3 Å². The van der Waals surface area contributed by atoms with Crippen molar-refractivity contribution in [2.45, 2.75) is 6.92 Å². The number of nitrogens with one attached hydrogen (secondary N) is 2. The maximum Gasteiger partial charge on any atom is 0.356 e. The van der Waals surface area contributed by atoms with Gasteiger partial charge in [-0.2, -0.15) is 0 Å². The quantitative estimate of drug-likeness (QED) is 0.790. The van der Waals surface area contributed by atoms with Gasteiger partial charge in [0.1, 0.15) is 0 Å². The van der Waals surface area contributed by atoms with Gasteiger partial charge in [-0.05, 0) is 52.7 Å². The van der Waals surface area contributed by atoms with Gasteiger partial charge < -0.3 is 15.7 Å². The monoisotopic (exact) mass is 349 g/mol. The molecular weight excluding hydrogens is 338 g/mol. The number of aryl methyl sites for hydroxylation is 1. The molecule has 0 atom stereocenters. The van der Waals surface area contributed by atoms with E-state index in [1.807, 2.05) is 19.1 Å². The number of benzene rings is 1. The van der Waals surface area contributed by atoms with E-state index in [2.05, 4.69) is 31.5 Å². The Labute approximate surface area is 129 Å². The predicted octanol–water partition coefficient (Wildman–Crippen LogP) is 3.49. The summed E-state index contributed by atoms with van der Waals surface area (Å²) < 4.78 is 0.730. The summed E-state index contributed by atoms with van der Waals surface area (Å²) in [5, 5.41) is 14.1. The molecule has 2 aromatic rings. The summed E-state index contributed by atoms with van der Waals surface area (Å²) in [7, 11) is 0. The number of hydrogen-bond donors (Lipinski definition) is 3. The molecule has 0 saturated heterocycles. The fourth-order valence-electron chi connectivity index (χ4n) is 1.69. The van der Waals surface area contributed by atoms with Crippen molar-refractivity contribution in [3.05, 3.63) is 52.3 Å². The van der Waals surface area contributed by atoms with Gasteiger partial charge in [-0.15, -0.1) is 0 Å². The summed E-state index contributed by atoms with van der Waals surface area (Å²) in [4.78, 5) is 26.7. The lowest BCUT2D eigenvalue weighted by molar-refractivity contribution is 0.0692. The van der Waals surface area contributed by atoms with Crippen molar-refractivity contribution in [3.8, 4) is 0 Å². The lowest BCUT2D eigenvalue weighted by atomic mass is 10.2. The number of carbonyl (C=O) groups is 2. The summed E-state index contributed by atoms with van der Waals surface area (Å²) in [5.74, 6) is -1.21. The molecular formula is C14H12BrN3O3. The summed E-state index contributed by atoms with van der Waals surface area (Å²) in [6.07, 6.45) is 1.35. The van der Waals surface area contributed by atoms with Gasteiger partial charge in [-0.3, -0.25) is 0 Å². The van der Waals surface area contributed by atoms with Crippen LogP contribution in [0.15, 0.2) is 41.0 Å². The van der Waals surface area contributed by atoms with Crippen LogP contribution in [0.25, 0.3) is 0 Å². The predicted molar refractivity (Wildman–Crippen MR) is 82.7 cm³/mol. The highest BCUT2D eigenvalue weighted by Gasteiger charge is 2.13. The molecule has 0 unspecified atom stereocenters. The molecule has 0 aliphatic rings. The number of nitrogens with zero attached hydrogens (tertiary/aromatic N) is 1. The van der Waals surface area contributed by atoms with Crippen LogP contribution in [0, 0.1) is 6.92 Å². The van der Waals surface area contributed by atoms with Crippen molar-refractivity contribution in [1.82, 2.24) is 4.98 Å². The smallest absolute Gasteiger partial charge is 0.356 e. The van der Waals surface area contributed by atoms with E-state index in [0.717, 1.165) is 10.0 Å². The zero-order chi connectivity index (χ0) is 15.4. The van der Waals surface area contributed by atoms with Crippen LogP contribution in [-0.4, -0.2) is 22.1 Å². The highest BCUT2D eigenvalue weighted by molar-refractivity contribution is 9.10. The Morgan fingerprint density at radius 1 is 1.19 bits per heavy atom. The van der Waals surface area contributed by atoms with Crippen molar-refractivity contribution in [1.29, 1.82) is 0 Å². The number of rotatable bonds is 3. The maximum absolute atomic E-state index is 12.0. The Kier molecular flexibility index (Phi) is 4.54. The lowest BCUT2D eigenvalue weighted by Crippen LogP contribution is -2.21. The van der Waals surface area contributed by atoms with E-state index in [-0.39, 0.29) is 11.4 Å². The second-order valence-electron chi connectivity index (χ2n) is 4.27. The van der Waals surface area contributed by atoms with Crippen LogP contribution in [0.3, 0.4) is 0 Å². The van der Waals surface area contributed by atoms with Crippen LogP contribution in [-0.2, 0) is 0 Å². The number of hydrogen-bond acceptors (Lipinski definition) is 3. The largest absolute Gasteiger partial charge is 0.476 e. The molecule has 0 bridgehead atoms. The molecule has 6 nitrogen and oxygen atoms in total. The van der Waals surface area contributed by atoms with Crippen molar-refractivity contribution >= 4 is 39.3 Å². The molecule has 1 aromatic heterocycles. The van der Waals surface area contributed by atoms with Crippen LogP contribution in [0.1, 0.15) is 16.1 Å². The number of urea groups is 1. The van der Waals surface area contributed by atoms with Gasteiger partial charge in [0.2, 0.25) is 0 Å². The van der Waals surface area contributed by atoms with E-state index in [0.29, 0.717) is 5.69 Å². The number of pyridine rings is 1. The first-order valence-electron chi connectivity index (χ1n) is 6.00. The number of anilines is 2. The minimum Gasteiger partial charge on any atom is -0.476 e. The van der Waals surface area contributed by atoms with Gasteiger partial charge in [0.25, 0.3) is 0 Å². The van der Waals surface area contributed by atoms with Gasteiger partial charge in [-0.1, -0.05) is 6.07 Å². The molecule has 21 heavy (non-hydrogen) atoms. The molecule has 0 radical (unpaired) electrons. The maximum atomic E-state index is 12.0. The van der Waals surface area contributed by atoms with E-state index < -0.39 is 12.0 Å². The van der Waals surface area contributed by atoms with Crippen molar-refractivity contribution in [2.75, 3.05) is 10.6 Å². The minimum atomic E-state index is -1.21. The van der Waals surface area contributed by atoms with Crippen molar-refractivity contribution in [2.24, 2.45) is 0 Å². The zero-order valence-corrected chi connectivity index (χ0v) is 12.6. The van der Waals surface area contributed by atoms with Gasteiger partial charge in [0.15, 0.2) is 5.69 Å². The molecule has 0 fully saturated rings. The van der Waals surface area contributed by atoms with Gasteiger partial charge >= 0.3 is 12.0 Å². The van der Waals surface area contributed by atoms with Crippen LogP contribution in [0.5, 0.6) is 0 Å². The number of amides is 2. The number of halogens is 1. The Balaban J connectivity index is 2.16. The first kappa shape index (κ1) is 15.0. The first-order chi connectivity index (χ1) is 9.97. The third-order valence-corrected chi connectivity index (χ3v) is 3.32. The molecule has 0 spiro atoms. The number of carboxylic acids is 1. The first-order valence-corrected chi connectivity index (χ1v) is 6.79. The fourth-order valence-corrected chi connectivity index (χ4v) is 2.03. The summed E-state index contributed by atoms with van der Waals surface area (Å²) in [5.41, 5.74) is 1.50. The Hall–Kier alpha value is -2.41. The van der Waals surface area contributed by atoms with Crippen LogP contribution < -0.4 is 10.6 Å². The normalized spacial score (nSPS) is 10.0. The van der Waals surface area contributed by atoms with Gasteiger partial charge in [0.05, 0.1) is 11.4 Å². The number of aromatic nitrogens is 1. The molecule has 1 heterocycles. The molecule has 0 aliphatic carbocycles. The number of carbonyl (C=O) groups excluding carboxylic acids is 1. The molecule has 7 heteroatoms. The average Bonchev–Trinajstić information content (AvgIpc) is 2.43. The highest BCUT2D eigenvalue weighted by atomic mass is 79.9. The van der Waals surface area contributed by atoms with Gasteiger partial charge in [-0.25, -0.2) is 14.6 Å². The van der Waals surface area contributed by atoms with E-state index in [4.69, 9.17) is 5.11 Å². The minimum absolute atomic E-state index is 0.131. The molecule has 0 aliphatic heterocycles.